The third-order valence-electron chi connectivity index (χ3n) is 5.68. The molecule has 4 rings (SSSR count). The van der Waals surface area contributed by atoms with Crippen molar-refractivity contribution in [3.05, 3.63) is 57.2 Å². The lowest BCUT2D eigenvalue weighted by atomic mass is 10.1. The third kappa shape index (κ3) is 4.17. The zero-order valence-electron chi connectivity index (χ0n) is 17.4. The lowest BCUT2D eigenvalue weighted by Crippen LogP contribution is -2.33. The molecule has 10 nitrogen and oxygen atoms in total. The second-order valence-corrected chi connectivity index (χ2v) is 10.7. The van der Waals surface area contributed by atoms with Crippen LogP contribution in [0.4, 0.5) is 5.82 Å². The SMILES string of the molecule is Cn1c(=O)c(C(=O)NCc2ccc(Cl)nc2)cc2cnnc(NCC3(S(C)(=O)=O)CC3)c21. The average Bonchev–Trinajstić information content (AvgIpc) is 3.55. The minimum atomic E-state index is -3.23. The lowest BCUT2D eigenvalue weighted by molar-refractivity contribution is 0.0949. The summed E-state index contributed by atoms with van der Waals surface area (Å²) in [5.74, 6) is -0.251. The van der Waals surface area contributed by atoms with Crippen LogP contribution in [0.5, 0.6) is 0 Å². The van der Waals surface area contributed by atoms with Gasteiger partial charge >= 0.3 is 0 Å². The summed E-state index contributed by atoms with van der Waals surface area (Å²) in [6, 6.07) is 4.79. The maximum Gasteiger partial charge on any atom is 0.263 e. The van der Waals surface area contributed by atoms with Crippen molar-refractivity contribution >= 4 is 44.1 Å². The summed E-state index contributed by atoms with van der Waals surface area (Å²) >= 11 is 5.76. The standard InChI is InChI=1S/C20H21ClN6O4S/c1-27-16-13(10-25-26-17(16)24-11-20(5-6-20)32(2,30)31)7-14(19(27)29)18(28)23-9-12-3-4-15(21)22-8-12/h3-4,7-8,10H,5-6,9,11H2,1-2H3,(H,23,28)(H,24,26). The first kappa shape index (κ1) is 22.2. The van der Waals surface area contributed by atoms with E-state index in [9.17, 15) is 18.0 Å². The van der Waals surface area contributed by atoms with Gasteiger partial charge in [-0.3, -0.25) is 9.59 Å². The van der Waals surface area contributed by atoms with Crippen LogP contribution < -0.4 is 16.2 Å². The number of nitrogens with one attached hydrogen (secondary N) is 2. The van der Waals surface area contributed by atoms with Crippen molar-refractivity contribution in [2.45, 2.75) is 24.1 Å². The van der Waals surface area contributed by atoms with Gasteiger partial charge in [-0.25, -0.2) is 13.4 Å². The third-order valence-corrected chi connectivity index (χ3v) is 8.03. The average molecular weight is 477 g/mol. The fourth-order valence-electron chi connectivity index (χ4n) is 3.48. The highest BCUT2D eigenvalue weighted by molar-refractivity contribution is 7.92. The van der Waals surface area contributed by atoms with Crippen molar-refractivity contribution in [2.75, 3.05) is 18.1 Å². The molecule has 0 aromatic carbocycles. The summed E-state index contributed by atoms with van der Waals surface area (Å²) in [5, 5.41) is 14.6. The number of carbonyl (C=O) groups is 1. The van der Waals surface area contributed by atoms with Crippen LogP contribution in [-0.2, 0) is 23.4 Å². The van der Waals surface area contributed by atoms with Gasteiger partial charge in [0.05, 0.1) is 16.5 Å². The van der Waals surface area contributed by atoms with Crippen molar-refractivity contribution in [2.24, 2.45) is 7.05 Å². The number of fused-ring (bicyclic) bond motifs is 1. The predicted octanol–water partition coefficient (Wildman–Crippen LogP) is 1.30. The molecule has 0 spiro atoms. The van der Waals surface area contributed by atoms with Crippen molar-refractivity contribution in [1.29, 1.82) is 0 Å². The molecule has 12 heteroatoms. The van der Waals surface area contributed by atoms with E-state index >= 15 is 0 Å². The van der Waals surface area contributed by atoms with Gasteiger partial charge in [-0.1, -0.05) is 17.7 Å². The minimum Gasteiger partial charge on any atom is -0.365 e. The highest BCUT2D eigenvalue weighted by Gasteiger charge is 2.52. The molecule has 0 atom stereocenters. The van der Waals surface area contributed by atoms with Crippen LogP contribution in [0.3, 0.4) is 0 Å². The predicted molar refractivity (Wildman–Crippen MR) is 120 cm³/mol. The molecule has 2 N–H and O–H groups in total. The Bertz CT molecular complexity index is 1370. The summed E-state index contributed by atoms with van der Waals surface area (Å²) in [7, 11) is -1.70. The maximum absolute atomic E-state index is 12.9. The van der Waals surface area contributed by atoms with E-state index in [0.29, 0.717) is 28.9 Å². The normalized spacial score (nSPS) is 14.8. The van der Waals surface area contributed by atoms with Gasteiger partial charge in [0.25, 0.3) is 11.5 Å². The van der Waals surface area contributed by atoms with Gasteiger partial charge < -0.3 is 15.2 Å². The second-order valence-electron chi connectivity index (χ2n) is 7.90. The monoisotopic (exact) mass is 476 g/mol. The quantitative estimate of drug-likeness (QED) is 0.487. The van der Waals surface area contributed by atoms with Gasteiger partial charge in [-0.05, 0) is 30.5 Å². The summed E-state index contributed by atoms with van der Waals surface area (Å²) in [4.78, 5) is 29.5. The smallest absolute Gasteiger partial charge is 0.263 e. The summed E-state index contributed by atoms with van der Waals surface area (Å²) in [5.41, 5.74) is 0.616. The van der Waals surface area contributed by atoms with E-state index in [1.54, 1.807) is 12.1 Å². The Balaban J connectivity index is 1.60. The zero-order valence-corrected chi connectivity index (χ0v) is 19.0. The molecule has 1 aliphatic carbocycles. The largest absolute Gasteiger partial charge is 0.365 e. The van der Waals surface area contributed by atoms with E-state index in [1.165, 1.54) is 36.3 Å². The van der Waals surface area contributed by atoms with Crippen molar-refractivity contribution in [1.82, 2.24) is 25.1 Å². The summed E-state index contributed by atoms with van der Waals surface area (Å²) < 4.78 is 24.6. The Morgan fingerprint density at radius 3 is 2.66 bits per heavy atom. The lowest BCUT2D eigenvalue weighted by Gasteiger charge is -2.16. The number of hydrogen-bond donors (Lipinski definition) is 2. The number of carbonyl (C=O) groups excluding carboxylic acids is 1. The first-order chi connectivity index (χ1) is 15.1. The van der Waals surface area contributed by atoms with Gasteiger partial charge in [0.1, 0.15) is 10.7 Å². The molecule has 1 saturated carbocycles. The molecular formula is C20H21ClN6O4S. The highest BCUT2D eigenvalue weighted by Crippen LogP contribution is 2.43. The van der Waals surface area contributed by atoms with E-state index in [4.69, 9.17) is 11.6 Å². The summed E-state index contributed by atoms with van der Waals surface area (Å²) in [6.07, 6.45) is 5.35. The first-order valence-corrected chi connectivity index (χ1v) is 12.1. The van der Waals surface area contributed by atoms with Crippen LogP contribution >= 0.6 is 11.6 Å². The number of pyridine rings is 2. The van der Waals surface area contributed by atoms with Gasteiger partial charge in [0.15, 0.2) is 15.7 Å². The molecule has 1 amide bonds. The van der Waals surface area contributed by atoms with Crippen LogP contribution in [0.15, 0.2) is 35.4 Å². The topological polar surface area (TPSA) is 136 Å². The van der Waals surface area contributed by atoms with E-state index in [1.807, 2.05) is 0 Å². The Labute approximate surface area is 188 Å². The molecule has 3 heterocycles. The summed E-state index contributed by atoms with van der Waals surface area (Å²) in [6.45, 7) is 0.352. The molecule has 168 valence electrons. The second kappa shape index (κ2) is 8.14. The number of aromatic nitrogens is 4. The Hall–Kier alpha value is -3.05. The van der Waals surface area contributed by atoms with Gasteiger partial charge in [-0.2, -0.15) is 5.10 Å². The van der Waals surface area contributed by atoms with E-state index in [0.717, 1.165) is 5.56 Å². The molecule has 1 aliphatic rings. The van der Waals surface area contributed by atoms with Crippen LogP contribution in [0.2, 0.25) is 5.15 Å². The van der Waals surface area contributed by atoms with Crippen LogP contribution in [-0.4, -0.2) is 51.6 Å². The Morgan fingerprint density at radius 2 is 2.03 bits per heavy atom. The molecular weight excluding hydrogens is 456 g/mol. The first-order valence-electron chi connectivity index (χ1n) is 9.79. The molecule has 3 aromatic rings. The van der Waals surface area contributed by atoms with E-state index in [-0.39, 0.29) is 24.5 Å². The van der Waals surface area contributed by atoms with Gasteiger partial charge in [0, 0.05) is 38.0 Å². The number of rotatable bonds is 7. The number of aryl methyl sites for hydroxylation is 1. The molecule has 0 radical (unpaired) electrons. The molecule has 0 aliphatic heterocycles. The van der Waals surface area contributed by atoms with E-state index in [2.05, 4.69) is 25.8 Å². The fourth-order valence-corrected chi connectivity index (χ4v) is 4.77. The minimum absolute atomic E-state index is 0.0457. The number of sulfone groups is 1. The number of nitrogens with zero attached hydrogens (tertiary/aromatic N) is 4. The zero-order chi connectivity index (χ0) is 23.1. The number of halogens is 1. The maximum atomic E-state index is 12.9. The Kier molecular flexibility index (Phi) is 5.63. The van der Waals surface area contributed by atoms with Crippen LogP contribution in [0.1, 0.15) is 28.8 Å². The van der Waals surface area contributed by atoms with Crippen LogP contribution in [0, 0.1) is 0 Å². The number of anilines is 1. The molecule has 0 saturated heterocycles. The number of amides is 1. The molecule has 0 unspecified atom stereocenters. The van der Waals surface area contributed by atoms with Crippen LogP contribution in [0.25, 0.3) is 10.9 Å². The van der Waals surface area contributed by atoms with E-state index < -0.39 is 26.1 Å². The number of hydrogen-bond acceptors (Lipinski definition) is 8. The van der Waals surface area contributed by atoms with Gasteiger partial charge in [-0.15, -0.1) is 5.10 Å². The van der Waals surface area contributed by atoms with Crippen molar-refractivity contribution in [3.8, 4) is 0 Å². The highest BCUT2D eigenvalue weighted by atomic mass is 35.5. The molecule has 1 fully saturated rings. The van der Waals surface area contributed by atoms with Crippen molar-refractivity contribution < 1.29 is 13.2 Å². The van der Waals surface area contributed by atoms with Gasteiger partial charge in [0.2, 0.25) is 0 Å². The van der Waals surface area contributed by atoms with Crippen molar-refractivity contribution in [3.63, 3.8) is 0 Å². The molecule has 3 aromatic heterocycles. The molecule has 32 heavy (non-hydrogen) atoms. The molecule has 0 bridgehead atoms. The Morgan fingerprint density at radius 1 is 1.28 bits per heavy atom. The fraction of sp³-hybridized carbons (Fsp3) is 0.350.